The van der Waals surface area contributed by atoms with Gasteiger partial charge in [-0.1, -0.05) is 17.7 Å². The van der Waals surface area contributed by atoms with Gasteiger partial charge in [0.15, 0.2) is 0 Å². The van der Waals surface area contributed by atoms with E-state index in [-0.39, 0.29) is 11.2 Å². The standard InChI is InChI=1S/C22H31N3O2/c1-16-4-9-27-22(11-16)5-7-24(8-6-22)15-18-2-3-20-19-10-17(12-23-13-19)14-25(20)21(18)26/h2-3,11,17,19,23H,4-10,12-15H2,1H3/t17-,19+/m0/s1. The van der Waals surface area contributed by atoms with Crippen molar-refractivity contribution < 1.29 is 4.74 Å². The highest BCUT2D eigenvalue weighted by molar-refractivity contribution is 5.22. The smallest absolute Gasteiger partial charge is 0.255 e. The van der Waals surface area contributed by atoms with Crippen molar-refractivity contribution in [2.24, 2.45) is 5.92 Å². The van der Waals surface area contributed by atoms with Crippen LogP contribution in [-0.4, -0.2) is 47.9 Å². The van der Waals surface area contributed by atoms with E-state index in [2.05, 4.69) is 39.9 Å². The number of hydrogen-bond donors (Lipinski definition) is 1. The van der Waals surface area contributed by atoms with E-state index in [9.17, 15) is 4.79 Å². The lowest BCUT2D eigenvalue weighted by atomic mass is 9.84. The molecule has 1 spiro atoms. The number of ether oxygens (including phenoxy) is 1. The van der Waals surface area contributed by atoms with Crippen molar-refractivity contribution in [3.05, 3.63) is 45.4 Å². The van der Waals surface area contributed by atoms with Crippen LogP contribution in [0.5, 0.6) is 0 Å². The molecular formula is C22H31N3O2. The molecule has 1 N–H and O–H groups in total. The maximum absolute atomic E-state index is 13.1. The van der Waals surface area contributed by atoms with Gasteiger partial charge in [0.1, 0.15) is 0 Å². The van der Waals surface area contributed by atoms with E-state index in [0.717, 1.165) is 70.7 Å². The molecule has 2 fully saturated rings. The summed E-state index contributed by atoms with van der Waals surface area (Å²) in [6.07, 6.45) is 6.72. The number of aromatic nitrogens is 1. The van der Waals surface area contributed by atoms with Gasteiger partial charge in [0, 0.05) is 49.9 Å². The summed E-state index contributed by atoms with van der Waals surface area (Å²) in [6.45, 7) is 8.78. The highest BCUT2D eigenvalue weighted by atomic mass is 16.5. The molecule has 2 saturated heterocycles. The summed E-state index contributed by atoms with van der Waals surface area (Å²) in [7, 11) is 0. The van der Waals surface area contributed by atoms with Crippen molar-refractivity contribution in [1.82, 2.24) is 14.8 Å². The molecule has 146 valence electrons. The Kier molecular flexibility index (Phi) is 4.49. The quantitative estimate of drug-likeness (QED) is 0.813. The average Bonchev–Trinajstić information content (AvgIpc) is 2.67. The van der Waals surface area contributed by atoms with Crippen molar-refractivity contribution in [3.8, 4) is 0 Å². The minimum absolute atomic E-state index is 0.0474. The number of pyridine rings is 1. The first-order chi connectivity index (χ1) is 13.1. The van der Waals surface area contributed by atoms with Gasteiger partial charge >= 0.3 is 0 Å². The zero-order chi connectivity index (χ0) is 18.4. The highest BCUT2D eigenvalue weighted by Crippen LogP contribution is 2.34. The minimum Gasteiger partial charge on any atom is -0.370 e. The summed E-state index contributed by atoms with van der Waals surface area (Å²) in [5.41, 5.74) is 3.85. The minimum atomic E-state index is -0.0474. The highest BCUT2D eigenvalue weighted by Gasteiger charge is 2.36. The Balaban J connectivity index is 1.31. The second-order valence-electron chi connectivity index (χ2n) is 9.09. The second kappa shape index (κ2) is 6.87. The van der Waals surface area contributed by atoms with Crippen molar-refractivity contribution in [2.75, 3.05) is 32.8 Å². The van der Waals surface area contributed by atoms with Gasteiger partial charge in [-0.05, 0) is 51.1 Å². The maximum atomic E-state index is 13.1. The Hall–Kier alpha value is -1.43. The van der Waals surface area contributed by atoms with Gasteiger partial charge in [-0.2, -0.15) is 0 Å². The van der Waals surface area contributed by atoms with E-state index in [4.69, 9.17) is 4.74 Å². The molecular weight excluding hydrogens is 338 g/mol. The molecule has 5 heterocycles. The molecule has 1 aromatic rings. The summed E-state index contributed by atoms with van der Waals surface area (Å²) < 4.78 is 8.22. The van der Waals surface area contributed by atoms with Crippen LogP contribution in [0.1, 0.15) is 49.8 Å². The lowest BCUT2D eigenvalue weighted by Gasteiger charge is -2.42. The molecule has 5 nitrogen and oxygen atoms in total. The molecule has 0 aromatic carbocycles. The summed E-state index contributed by atoms with van der Waals surface area (Å²) in [6, 6.07) is 4.31. The largest absolute Gasteiger partial charge is 0.370 e. The third-order valence-electron chi connectivity index (χ3n) is 7.08. The number of hydrogen-bond acceptors (Lipinski definition) is 4. The molecule has 5 heteroatoms. The fourth-order valence-corrected chi connectivity index (χ4v) is 5.55. The van der Waals surface area contributed by atoms with E-state index in [1.165, 1.54) is 17.7 Å². The van der Waals surface area contributed by atoms with Gasteiger partial charge in [0.25, 0.3) is 5.56 Å². The SMILES string of the molecule is CC1=CC2(CCN(Cc3ccc4n(c3=O)C[C@@H]3CNC[C@H]4C3)CC2)OCC1. The molecule has 2 bridgehead atoms. The number of nitrogens with zero attached hydrogens (tertiary/aromatic N) is 2. The molecule has 0 unspecified atom stereocenters. The monoisotopic (exact) mass is 369 g/mol. The summed E-state index contributed by atoms with van der Waals surface area (Å²) in [5.74, 6) is 1.12. The van der Waals surface area contributed by atoms with E-state index in [1.54, 1.807) is 0 Å². The van der Waals surface area contributed by atoms with Gasteiger partial charge in [-0.3, -0.25) is 9.69 Å². The zero-order valence-electron chi connectivity index (χ0n) is 16.4. The van der Waals surface area contributed by atoms with Gasteiger partial charge in [0.05, 0.1) is 12.2 Å². The first kappa shape index (κ1) is 17.7. The van der Waals surface area contributed by atoms with Crippen LogP contribution in [0.3, 0.4) is 0 Å². The van der Waals surface area contributed by atoms with E-state index >= 15 is 0 Å². The third kappa shape index (κ3) is 3.30. The van der Waals surface area contributed by atoms with E-state index < -0.39 is 0 Å². The Morgan fingerprint density at radius 1 is 1.26 bits per heavy atom. The summed E-state index contributed by atoms with van der Waals surface area (Å²) in [5, 5.41) is 3.52. The van der Waals surface area contributed by atoms with Crippen molar-refractivity contribution in [3.63, 3.8) is 0 Å². The summed E-state index contributed by atoms with van der Waals surface area (Å²) >= 11 is 0. The van der Waals surface area contributed by atoms with Crippen molar-refractivity contribution in [2.45, 2.75) is 57.2 Å². The van der Waals surface area contributed by atoms with Crippen LogP contribution in [0, 0.1) is 5.92 Å². The van der Waals surface area contributed by atoms with Gasteiger partial charge < -0.3 is 14.6 Å². The predicted molar refractivity (Wildman–Crippen MR) is 106 cm³/mol. The predicted octanol–water partition coefficient (Wildman–Crippen LogP) is 2.26. The molecule has 2 atom stereocenters. The number of fused-ring (bicyclic) bond motifs is 4. The lowest BCUT2D eigenvalue weighted by Crippen LogP contribution is -2.47. The Labute approximate surface area is 161 Å². The van der Waals surface area contributed by atoms with Crippen molar-refractivity contribution in [1.29, 1.82) is 0 Å². The Bertz CT molecular complexity index is 804. The fourth-order valence-electron chi connectivity index (χ4n) is 5.55. The number of piperidine rings is 2. The molecule has 4 aliphatic heterocycles. The molecule has 0 saturated carbocycles. The molecule has 1 aromatic heterocycles. The Morgan fingerprint density at radius 3 is 2.93 bits per heavy atom. The second-order valence-corrected chi connectivity index (χ2v) is 9.09. The third-order valence-corrected chi connectivity index (χ3v) is 7.08. The summed E-state index contributed by atoms with van der Waals surface area (Å²) in [4.78, 5) is 15.6. The van der Waals surface area contributed by atoms with Gasteiger partial charge in [0.2, 0.25) is 0 Å². The molecule has 0 aliphatic carbocycles. The van der Waals surface area contributed by atoms with Crippen LogP contribution < -0.4 is 10.9 Å². The van der Waals surface area contributed by atoms with Gasteiger partial charge in [-0.15, -0.1) is 0 Å². The van der Waals surface area contributed by atoms with Crippen LogP contribution in [0.4, 0.5) is 0 Å². The first-order valence-electron chi connectivity index (χ1n) is 10.6. The van der Waals surface area contributed by atoms with Gasteiger partial charge in [-0.25, -0.2) is 0 Å². The van der Waals surface area contributed by atoms with Crippen LogP contribution >= 0.6 is 0 Å². The van der Waals surface area contributed by atoms with Crippen LogP contribution in [0.15, 0.2) is 28.6 Å². The van der Waals surface area contributed by atoms with E-state index in [1.807, 2.05) is 0 Å². The molecule has 4 aliphatic rings. The normalized spacial score (nSPS) is 30.0. The number of nitrogens with one attached hydrogen (secondary N) is 1. The topological polar surface area (TPSA) is 46.5 Å². The van der Waals surface area contributed by atoms with E-state index in [0.29, 0.717) is 11.8 Å². The Morgan fingerprint density at radius 2 is 2.11 bits per heavy atom. The molecule has 27 heavy (non-hydrogen) atoms. The first-order valence-corrected chi connectivity index (χ1v) is 10.6. The zero-order valence-corrected chi connectivity index (χ0v) is 16.4. The van der Waals surface area contributed by atoms with Crippen LogP contribution in [0.2, 0.25) is 0 Å². The lowest BCUT2D eigenvalue weighted by molar-refractivity contribution is -0.0577. The van der Waals surface area contributed by atoms with Crippen molar-refractivity contribution >= 4 is 0 Å². The number of likely N-dealkylation sites (tertiary alicyclic amines) is 1. The molecule has 0 amide bonds. The molecule has 5 rings (SSSR count). The van der Waals surface area contributed by atoms with Crippen LogP contribution in [-0.2, 0) is 17.8 Å². The maximum Gasteiger partial charge on any atom is 0.255 e. The molecule has 0 radical (unpaired) electrons. The average molecular weight is 370 g/mol. The fraction of sp³-hybridized carbons (Fsp3) is 0.682. The van der Waals surface area contributed by atoms with Crippen LogP contribution in [0.25, 0.3) is 0 Å². The number of rotatable bonds is 2.